The summed E-state index contributed by atoms with van der Waals surface area (Å²) < 4.78 is 3.75. The SMILES string of the molecule is CCCC(=O)OOC1CCC(n2c(=O)c(Cc3ccc(-c4ccccc4C#N)nc3)c(CCC)[n+]3[nH]cnc23)CC1. The molecule has 3 heterocycles. The van der Waals surface area contributed by atoms with Crippen LogP contribution in [0.1, 0.15) is 87.2 Å². The third kappa shape index (κ3) is 6.05. The van der Waals surface area contributed by atoms with Gasteiger partial charge >= 0.3 is 17.3 Å². The van der Waals surface area contributed by atoms with Gasteiger partial charge in [0.1, 0.15) is 11.8 Å². The topological polar surface area (TPSA) is 127 Å². The maximum Gasteiger partial charge on any atom is 0.425 e. The standard InChI is InChI=1S/C31H34N6O4/c1-3-7-28-26(17-21-11-16-27(33-19-21)25-10-6-5-9-22(25)18-32)30(39)36(31-34-20-35-37(28)31)23-12-14-24(15-13-23)40-41-29(38)8-4-2/h5-6,9-11,16,19-20,23-24H,3-4,7-8,12-15,17H2,1-2H3/p+1. The van der Waals surface area contributed by atoms with Crippen LogP contribution >= 0.6 is 0 Å². The lowest BCUT2D eigenvalue weighted by atomic mass is 9.92. The smallest absolute Gasteiger partial charge is 0.298 e. The zero-order valence-electron chi connectivity index (χ0n) is 23.5. The molecule has 0 saturated heterocycles. The molecule has 1 aliphatic carbocycles. The summed E-state index contributed by atoms with van der Waals surface area (Å²) >= 11 is 0. The van der Waals surface area contributed by atoms with Crippen molar-refractivity contribution in [2.75, 3.05) is 0 Å². The molecule has 0 atom stereocenters. The fourth-order valence-corrected chi connectivity index (χ4v) is 5.59. The number of aromatic amines is 1. The summed E-state index contributed by atoms with van der Waals surface area (Å²) in [7, 11) is 0. The molecule has 1 aromatic carbocycles. The van der Waals surface area contributed by atoms with Crippen LogP contribution in [-0.4, -0.2) is 31.7 Å². The van der Waals surface area contributed by atoms with Crippen LogP contribution in [0.3, 0.4) is 0 Å². The van der Waals surface area contributed by atoms with Crippen molar-refractivity contribution in [3.8, 4) is 17.3 Å². The van der Waals surface area contributed by atoms with Crippen LogP contribution in [0.4, 0.5) is 0 Å². The number of nitriles is 1. The van der Waals surface area contributed by atoms with Gasteiger partial charge in [-0.25, -0.2) is 9.89 Å². The van der Waals surface area contributed by atoms with Gasteiger partial charge in [-0.05, 0) is 56.2 Å². The van der Waals surface area contributed by atoms with E-state index in [9.17, 15) is 14.9 Å². The molecule has 0 unspecified atom stereocenters. The van der Waals surface area contributed by atoms with E-state index in [1.54, 1.807) is 18.6 Å². The first kappa shape index (κ1) is 28.2. The molecule has 1 fully saturated rings. The van der Waals surface area contributed by atoms with Crippen LogP contribution in [-0.2, 0) is 27.4 Å². The molecule has 10 heteroatoms. The highest BCUT2D eigenvalue weighted by atomic mass is 17.2. The van der Waals surface area contributed by atoms with E-state index in [2.05, 4.69) is 28.1 Å². The lowest BCUT2D eigenvalue weighted by Gasteiger charge is -2.26. The van der Waals surface area contributed by atoms with Crippen molar-refractivity contribution in [3.63, 3.8) is 0 Å². The predicted molar refractivity (Wildman–Crippen MR) is 151 cm³/mol. The Morgan fingerprint density at radius 3 is 2.63 bits per heavy atom. The molecule has 1 N–H and O–H groups in total. The molecule has 3 aromatic heterocycles. The third-order valence-electron chi connectivity index (χ3n) is 7.63. The molecule has 41 heavy (non-hydrogen) atoms. The number of carbonyl (C=O) groups is 1. The molecule has 1 aliphatic rings. The van der Waals surface area contributed by atoms with Crippen LogP contribution in [0.25, 0.3) is 17.0 Å². The summed E-state index contributed by atoms with van der Waals surface area (Å²) in [5.74, 6) is 0.246. The maximum absolute atomic E-state index is 14.2. The van der Waals surface area contributed by atoms with Gasteiger partial charge in [-0.3, -0.25) is 14.7 Å². The van der Waals surface area contributed by atoms with Gasteiger partial charge in [-0.15, -0.1) is 4.52 Å². The van der Waals surface area contributed by atoms with Gasteiger partial charge in [0.2, 0.25) is 0 Å². The Balaban J connectivity index is 1.42. The second-order valence-electron chi connectivity index (χ2n) is 10.5. The summed E-state index contributed by atoms with van der Waals surface area (Å²) in [6, 6.07) is 13.4. The number of aromatic nitrogens is 5. The highest BCUT2D eigenvalue weighted by Gasteiger charge is 2.33. The van der Waals surface area contributed by atoms with Crippen molar-refractivity contribution in [2.45, 2.75) is 83.8 Å². The fraction of sp³-hybridized carbons (Fsp3) is 0.419. The van der Waals surface area contributed by atoms with Gasteiger partial charge in [0.25, 0.3) is 0 Å². The van der Waals surface area contributed by atoms with Gasteiger partial charge < -0.3 is 0 Å². The molecule has 5 rings (SSSR count). The number of rotatable bonds is 10. The third-order valence-corrected chi connectivity index (χ3v) is 7.63. The van der Waals surface area contributed by atoms with Crippen molar-refractivity contribution in [2.24, 2.45) is 0 Å². The van der Waals surface area contributed by atoms with E-state index in [0.717, 1.165) is 35.4 Å². The number of fused-ring (bicyclic) bond motifs is 1. The van der Waals surface area contributed by atoms with Crippen molar-refractivity contribution in [3.05, 3.63) is 81.7 Å². The maximum atomic E-state index is 14.2. The monoisotopic (exact) mass is 555 g/mol. The highest BCUT2D eigenvalue weighted by Crippen LogP contribution is 2.30. The Morgan fingerprint density at radius 2 is 1.93 bits per heavy atom. The van der Waals surface area contributed by atoms with E-state index in [-0.39, 0.29) is 23.7 Å². The summed E-state index contributed by atoms with van der Waals surface area (Å²) in [6.45, 7) is 4.01. The lowest BCUT2D eigenvalue weighted by Crippen LogP contribution is -2.43. The first-order chi connectivity index (χ1) is 20.0. The van der Waals surface area contributed by atoms with Crippen LogP contribution in [0.5, 0.6) is 0 Å². The minimum Gasteiger partial charge on any atom is -0.298 e. The number of pyridine rings is 1. The van der Waals surface area contributed by atoms with E-state index in [0.29, 0.717) is 61.9 Å². The number of H-pyrrole nitrogens is 1. The minimum atomic E-state index is -0.353. The molecule has 10 nitrogen and oxygen atoms in total. The molecule has 4 aromatic rings. The average molecular weight is 556 g/mol. The van der Waals surface area contributed by atoms with Gasteiger partial charge in [0, 0.05) is 31.0 Å². The van der Waals surface area contributed by atoms with Crippen LogP contribution in [0.2, 0.25) is 0 Å². The van der Waals surface area contributed by atoms with E-state index < -0.39 is 0 Å². The predicted octanol–water partition coefficient (Wildman–Crippen LogP) is 4.55. The number of nitrogens with one attached hydrogen (secondary N) is 1. The Hall–Kier alpha value is -4.36. The van der Waals surface area contributed by atoms with E-state index in [4.69, 9.17) is 9.78 Å². The van der Waals surface area contributed by atoms with Gasteiger partial charge in [0.15, 0.2) is 6.33 Å². The van der Waals surface area contributed by atoms with Crippen LogP contribution < -0.4 is 10.1 Å². The van der Waals surface area contributed by atoms with Crippen LogP contribution in [0, 0.1) is 11.3 Å². The van der Waals surface area contributed by atoms with E-state index in [1.165, 1.54) is 0 Å². The molecule has 0 aliphatic heterocycles. The van der Waals surface area contributed by atoms with Gasteiger partial charge in [-0.1, -0.05) is 43.1 Å². The van der Waals surface area contributed by atoms with Crippen molar-refractivity contribution >= 4 is 11.7 Å². The molecular formula is C31H35N6O4+. The second-order valence-corrected chi connectivity index (χ2v) is 10.5. The average Bonchev–Trinajstić information content (AvgIpc) is 3.48. The number of benzene rings is 1. The number of hydrogen-bond acceptors (Lipinski definition) is 7. The zero-order chi connectivity index (χ0) is 28.8. The Kier molecular flexibility index (Phi) is 8.85. The van der Waals surface area contributed by atoms with E-state index >= 15 is 0 Å². The molecule has 1 saturated carbocycles. The second kappa shape index (κ2) is 12.9. The summed E-state index contributed by atoms with van der Waals surface area (Å²) in [4.78, 5) is 45.4. The Labute approximate surface area is 238 Å². The molecule has 0 amide bonds. The number of carbonyl (C=O) groups excluding carboxylic acids is 1. The molecular weight excluding hydrogens is 520 g/mol. The molecule has 0 bridgehead atoms. The minimum absolute atomic E-state index is 0.0433. The van der Waals surface area contributed by atoms with Gasteiger partial charge in [0.05, 0.1) is 28.9 Å². The number of aryl methyl sites for hydroxylation is 1. The summed E-state index contributed by atoms with van der Waals surface area (Å²) in [6.07, 6.45) is 9.06. The number of nitrogens with zero attached hydrogens (tertiary/aromatic N) is 5. The Morgan fingerprint density at radius 1 is 1.12 bits per heavy atom. The fourth-order valence-electron chi connectivity index (χ4n) is 5.59. The summed E-state index contributed by atoms with van der Waals surface area (Å²) in [5.41, 5.74) is 4.57. The normalized spacial score (nSPS) is 16.9. The van der Waals surface area contributed by atoms with Crippen molar-refractivity contribution in [1.29, 1.82) is 5.26 Å². The van der Waals surface area contributed by atoms with Crippen molar-refractivity contribution < 1.29 is 19.1 Å². The number of hydrogen-bond donors (Lipinski definition) is 1. The zero-order valence-corrected chi connectivity index (χ0v) is 23.5. The largest absolute Gasteiger partial charge is 0.425 e. The highest BCUT2D eigenvalue weighted by molar-refractivity contribution is 5.68. The molecule has 212 valence electrons. The lowest BCUT2D eigenvalue weighted by molar-refractivity contribution is -0.590. The molecule has 0 radical (unpaired) electrons. The van der Waals surface area contributed by atoms with E-state index in [1.807, 2.05) is 46.3 Å². The molecule has 0 spiro atoms. The summed E-state index contributed by atoms with van der Waals surface area (Å²) in [5, 5.41) is 12.7. The van der Waals surface area contributed by atoms with Crippen LogP contribution in [0.15, 0.2) is 53.7 Å². The van der Waals surface area contributed by atoms with Crippen molar-refractivity contribution in [1.82, 2.24) is 19.6 Å². The Bertz CT molecular complexity index is 1610. The quantitative estimate of drug-likeness (QED) is 0.173. The first-order valence-electron chi connectivity index (χ1n) is 14.4. The first-order valence-corrected chi connectivity index (χ1v) is 14.4. The van der Waals surface area contributed by atoms with Gasteiger partial charge in [-0.2, -0.15) is 14.7 Å².